The van der Waals surface area contributed by atoms with Gasteiger partial charge in [-0.2, -0.15) is 8.42 Å². The van der Waals surface area contributed by atoms with Gasteiger partial charge in [-0.15, -0.1) is 0 Å². The molecule has 1 saturated heterocycles. The van der Waals surface area contributed by atoms with Gasteiger partial charge in [0.1, 0.15) is 24.4 Å². The van der Waals surface area contributed by atoms with Crippen molar-refractivity contribution in [3.8, 4) is 0 Å². The number of carbonyl (C=O) groups is 1. The van der Waals surface area contributed by atoms with Crippen LogP contribution in [0, 0.1) is 0 Å². The molecule has 0 aromatic carbocycles. The van der Waals surface area contributed by atoms with Gasteiger partial charge >= 0.3 is 10.4 Å². The van der Waals surface area contributed by atoms with Crippen molar-refractivity contribution in [3.63, 3.8) is 0 Å². The number of aliphatic hydroxyl groups is 4. The Kier molecular flexibility index (Phi) is 50.0. The summed E-state index contributed by atoms with van der Waals surface area (Å²) < 4.78 is 48.0. The number of amides is 1. The molecule has 1 rings (SSSR count). The molecule has 13 heteroatoms. The van der Waals surface area contributed by atoms with E-state index in [1.54, 1.807) is 0 Å². The smallest absolute Gasteiger partial charge is 0.394 e. The van der Waals surface area contributed by atoms with Crippen LogP contribution < -0.4 is 5.32 Å². The molecule has 6 N–H and O–H groups in total. The second-order valence-corrected chi connectivity index (χ2v) is 23.8. The molecule has 1 aliphatic heterocycles. The summed E-state index contributed by atoms with van der Waals surface area (Å²) in [5.41, 5.74) is 0. The number of unbranched alkanes of at least 4 members (excludes halogenated alkanes) is 43. The molecule has 7 unspecified atom stereocenters. The fourth-order valence-electron chi connectivity index (χ4n) is 10.6. The summed E-state index contributed by atoms with van der Waals surface area (Å²) >= 11 is 0. The zero-order valence-corrected chi connectivity index (χ0v) is 49.5. The molecule has 1 fully saturated rings. The van der Waals surface area contributed by atoms with Crippen molar-refractivity contribution in [1.82, 2.24) is 5.32 Å². The predicted molar refractivity (Wildman–Crippen MR) is 310 cm³/mol. The molecular weight excluding hydrogens is 967 g/mol. The Labute approximate surface area is 461 Å². The number of aliphatic hydroxyl groups excluding tert-OH is 4. The van der Waals surface area contributed by atoms with E-state index in [0.717, 1.165) is 51.4 Å². The van der Waals surface area contributed by atoms with Crippen LogP contribution in [0.3, 0.4) is 0 Å². The molecule has 0 spiro atoms. The number of carbonyl (C=O) groups excluding carboxylic acids is 1. The number of hydrogen-bond donors (Lipinski definition) is 6. The number of rotatable bonds is 57. The molecule has 1 amide bonds. The van der Waals surface area contributed by atoms with E-state index in [1.807, 2.05) is 0 Å². The number of hydrogen-bond acceptors (Lipinski definition) is 10. The second-order valence-electron chi connectivity index (χ2n) is 22.7. The Morgan fingerprint density at radius 2 is 0.853 bits per heavy atom. The Morgan fingerprint density at radius 1 is 0.520 bits per heavy atom. The van der Waals surface area contributed by atoms with Crippen LogP contribution in [0.1, 0.15) is 322 Å². The first-order valence-corrected chi connectivity index (χ1v) is 33.4. The lowest BCUT2D eigenvalue weighted by molar-refractivity contribution is -0.298. The molecule has 12 nitrogen and oxygen atoms in total. The highest BCUT2D eigenvalue weighted by atomic mass is 32.3. The Balaban J connectivity index is 2.29. The van der Waals surface area contributed by atoms with Gasteiger partial charge in [-0.1, -0.05) is 289 Å². The van der Waals surface area contributed by atoms with Gasteiger partial charge in [0.05, 0.1) is 25.4 Å². The van der Waals surface area contributed by atoms with Crippen molar-refractivity contribution in [1.29, 1.82) is 0 Å². The van der Waals surface area contributed by atoms with Gasteiger partial charge in [0.2, 0.25) is 5.91 Å². The lowest BCUT2D eigenvalue weighted by atomic mass is 9.99. The summed E-state index contributed by atoms with van der Waals surface area (Å²) in [6.45, 7) is 3.51. The van der Waals surface area contributed by atoms with Crippen LogP contribution in [0.4, 0.5) is 0 Å². The van der Waals surface area contributed by atoms with Crippen LogP contribution in [-0.2, 0) is 28.9 Å². The Hall–Kier alpha value is -1.16. The first kappa shape index (κ1) is 71.9. The van der Waals surface area contributed by atoms with Crippen molar-refractivity contribution < 1.29 is 51.8 Å². The normalized spacial score (nSPS) is 19.1. The topological polar surface area (TPSA) is 192 Å². The van der Waals surface area contributed by atoms with E-state index >= 15 is 0 Å². The SMILES string of the molecule is CCCCCCCCCCCCCC/C=C\CCCCCCCCCCCCC(=O)NC(COC1OC(CO)C(O)C(OS(=O)(=O)O)C1O)C(O)CCCCCCCCCCCCCCCCCCCCCCCC. The van der Waals surface area contributed by atoms with Crippen LogP contribution in [0.5, 0.6) is 0 Å². The van der Waals surface area contributed by atoms with E-state index in [9.17, 15) is 38.2 Å². The molecule has 0 radical (unpaired) electrons. The first-order chi connectivity index (χ1) is 36.5. The van der Waals surface area contributed by atoms with Gasteiger partial charge in [-0.25, -0.2) is 4.18 Å². The molecule has 7 atom stereocenters. The number of ether oxygens (including phenoxy) is 2. The van der Waals surface area contributed by atoms with Crippen LogP contribution >= 0.6 is 0 Å². The lowest BCUT2D eigenvalue weighted by Crippen LogP contribution is -2.61. The quantitative estimate of drug-likeness (QED) is 0.0193. The minimum absolute atomic E-state index is 0.225. The largest absolute Gasteiger partial charge is 0.397 e. The van der Waals surface area contributed by atoms with Crippen molar-refractivity contribution in [2.24, 2.45) is 0 Å². The van der Waals surface area contributed by atoms with Crippen LogP contribution in [0.15, 0.2) is 12.2 Å². The van der Waals surface area contributed by atoms with E-state index in [1.165, 1.54) is 244 Å². The summed E-state index contributed by atoms with van der Waals surface area (Å²) in [4.78, 5) is 13.2. The molecule has 0 aliphatic carbocycles. The van der Waals surface area contributed by atoms with Crippen molar-refractivity contribution in [2.75, 3.05) is 13.2 Å². The van der Waals surface area contributed by atoms with Crippen LogP contribution in [-0.4, -0.2) is 95.4 Å². The zero-order valence-electron chi connectivity index (χ0n) is 48.6. The number of nitrogens with one attached hydrogen (secondary N) is 1. The molecule has 75 heavy (non-hydrogen) atoms. The molecule has 446 valence electrons. The van der Waals surface area contributed by atoms with E-state index < -0.39 is 59.9 Å². The standard InChI is InChI=1S/C62H121NO11S/c1-3-5-7-9-11-13-15-17-19-21-23-25-27-28-29-30-32-34-36-38-40-42-44-46-48-50-52-58(66)63-55(54-72-62-60(68)61(74-75(69,70)71)59(67)57(53-64)73-62)56(65)51-49-47-45-43-41-39-37-35-33-31-26-24-22-20-18-16-14-12-10-8-6-4-2/h28-29,55-57,59-62,64-65,67-68H,3-27,30-54H2,1-2H3,(H,63,66)(H,69,70,71)/b29-28-. The predicted octanol–water partition coefficient (Wildman–Crippen LogP) is 15.8. The summed E-state index contributed by atoms with van der Waals surface area (Å²) in [6, 6.07) is -0.858. The molecule has 0 aromatic heterocycles. The van der Waals surface area contributed by atoms with E-state index in [2.05, 4.69) is 35.5 Å². The highest BCUT2D eigenvalue weighted by Crippen LogP contribution is 2.26. The summed E-state index contributed by atoms with van der Waals surface area (Å²) in [7, 11) is -5.08. The van der Waals surface area contributed by atoms with E-state index in [4.69, 9.17) is 9.47 Å². The van der Waals surface area contributed by atoms with Crippen LogP contribution in [0.2, 0.25) is 0 Å². The lowest BCUT2D eigenvalue weighted by Gasteiger charge is -2.41. The van der Waals surface area contributed by atoms with Crippen molar-refractivity contribution in [2.45, 2.75) is 365 Å². The zero-order chi connectivity index (χ0) is 54.7. The third-order valence-electron chi connectivity index (χ3n) is 15.6. The molecule has 0 aromatic rings. The molecule has 0 saturated carbocycles. The third-order valence-corrected chi connectivity index (χ3v) is 16.0. The fourth-order valence-corrected chi connectivity index (χ4v) is 11.1. The van der Waals surface area contributed by atoms with Gasteiger partial charge in [0.25, 0.3) is 0 Å². The van der Waals surface area contributed by atoms with Crippen LogP contribution in [0.25, 0.3) is 0 Å². The number of allylic oxidation sites excluding steroid dienone is 2. The molecular formula is C62H121NO11S. The van der Waals surface area contributed by atoms with Crippen molar-refractivity contribution >= 4 is 16.3 Å². The van der Waals surface area contributed by atoms with Gasteiger partial charge in [0, 0.05) is 6.42 Å². The maximum absolute atomic E-state index is 13.2. The summed E-state index contributed by atoms with van der Waals surface area (Å²) in [5, 5.41) is 45.2. The molecule has 1 heterocycles. The summed E-state index contributed by atoms with van der Waals surface area (Å²) in [6.07, 6.45) is 55.1. The highest BCUT2D eigenvalue weighted by Gasteiger charge is 2.48. The average Bonchev–Trinajstić information content (AvgIpc) is 3.39. The van der Waals surface area contributed by atoms with Crippen molar-refractivity contribution in [3.05, 3.63) is 12.2 Å². The first-order valence-electron chi connectivity index (χ1n) is 32.1. The highest BCUT2D eigenvalue weighted by molar-refractivity contribution is 7.80. The van der Waals surface area contributed by atoms with E-state index in [-0.39, 0.29) is 12.5 Å². The Bertz CT molecular complexity index is 1370. The maximum Gasteiger partial charge on any atom is 0.397 e. The maximum atomic E-state index is 13.2. The van der Waals surface area contributed by atoms with Gasteiger partial charge < -0.3 is 35.2 Å². The fraction of sp³-hybridized carbons (Fsp3) is 0.952. The third kappa shape index (κ3) is 44.3. The van der Waals surface area contributed by atoms with Gasteiger partial charge in [-0.05, 0) is 38.5 Å². The minimum atomic E-state index is -5.08. The van der Waals surface area contributed by atoms with Gasteiger partial charge in [-0.3, -0.25) is 9.35 Å². The average molecular weight is 1090 g/mol. The summed E-state index contributed by atoms with van der Waals surface area (Å²) in [5.74, 6) is -0.225. The van der Waals surface area contributed by atoms with Gasteiger partial charge in [0.15, 0.2) is 6.29 Å². The van der Waals surface area contributed by atoms with E-state index in [0.29, 0.717) is 12.8 Å². The second kappa shape index (κ2) is 52.2. The molecule has 0 bridgehead atoms. The minimum Gasteiger partial charge on any atom is -0.394 e. The monoisotopic (exact) mass is 1090 g/mol. The Morgan fingerprint density at radius 3 is 1.20 bits per heavy atom. The molecule has 1 aliphatic rings.